The van der Waals surface area contributed by atoms with E-state index in [-0.39, 0.29) is 0 Å². The summed E-state index contributed by atoms with van der Waals surface area (Å²) in [6.45, 7) is 0. The number of epoxide rings is 1. The molecule has 11 heavy (non-hydrogen) atoms. The van der Waals surface area contributed by atoms with Gasteiger partial charge in [0.2, 0.25) is 0 Å². The summed E-state index contributed by atoms with van der Waals surface area (Å²) in [5, 5.41) is 0.819. The van der Waals surface area contributed by atoms with Crippen LogP contribution in [0.3, 0.4) is 0 Å². The van der Waals surface area contributed by atoms with Crippen molar-refractivity contribution in [2.24, 2.45) is 0 Å². The Morgan fingerprint density at radius 2 is 2.36 bits per heavy atom. The van der Waals surface area contributed by atoms with E-state index >= 15 is 0 Å². The smallest absolute Gasteiger partial charge is 0.110 e. The fourth-order valence-electron chi connectivity index (χ4n) is 1.80. The van der Waals surface area contributed by atoms with Crippen molar-refractivity contribution in [3.63, 3.8) is 0 Å². The largest absolute Gasteiger partial charge is 0.364 e. The van der Waals surface area contributed by atoms with E-state index < -0.39 is 0 Å². The maximum atomic E-state index is 5.85. The van der Waals surface area contributed by atoms with Gasteiger partial charge >= 0.3 is 0 Å². The zero-order valence-corrected chi connectivity index (χ0v) is 6.64. The average molecular weight is 167 g/mol. The molecule has 1 fully saturated rings. The molecule has 0 spiro atoms. The Labute approximate surface area is 69.9 Å². The van der Waals surface area contributed by atoms with Crippen molar-refractivity contribution in [2.45, 2.75) is 18.6 Å². The van der Waals surface area contributed by atoms with Gasteiger partial charge in [-0.2, -0.15) is 0 Å². The van der Waals surface area contributed by atoms with Crippen molar-refractivity contribution in [3.8, 4) is 0 Å². The van der Waals surface area contributed by atoms with Gasteiger partial charge < -0.3 is 4.74 Å². The van der Waals surface area contributed by atoms with Crippen LogP contribution in [0.15, 0.2) is 18.2 Å². The van der Waals surface area contributed by atoms with E-state index in [1.54, 1.807) is 0 Å². The summed E-state index contributed by atoms with van der Waals surface area (Å²) in [7, 11) is 0. The Morgan fingerprint density at radius 3 is 3.27 bits per heavy atom. The Morgan fingerprint density at radius 1 is 1.45 bits per heavy atom. The van der Waals surface area contributed by atoms with Gasteiger partial charge in [-0.05, 0) is 23.3 Å². The summed E-state index contributed by atoms with van der Waals surface area (Å²) in [5.74, 6) is 0. The molecule has 1 saturated heterocycles. The summed E-state index contributed by atoms with van der Waals surface area (Å²) < 4.78 is 5.38. The predicted molar refractivity (Wildman–Crippen MR) is 42.8 cm³/mol. The van der Waals surface area contributed by atoms with Gasteiger partial charge in [0.25, 0.3) is 0 Å². The third-order valence-corrected chi connectivity index (χ3v) is 2.65. The second kappa shape index (κ2) is 1.79. The van der Waals surface area contributed by atoms with E-state index in [0.29, 0.717) is 12.2 Å². The normalized spacial score (nSPS) is 31.4. The van der Waals surface area contributed by atoms with E-state index in [0.717, 1.165) is 11.4 Å². The zero-order chi connectivity index (χ0) is 7.42. The lowest BCUT2D eigenvalue weighted by molar-refractivity contribution is 0.361. The first-order valence-electron chi connectivity index (χ1n) is 3.78. The van der Waals surface area contributed by atoms with Crippen LogP contribution in [0.1, 0.15) is 17.2 Å². The maximum absolute atomic E-state index is 5.85. The molecule has 2 atom stereocenters. The second-order valence-corrected chi connectivity index (χ2v) is 3.58. The number of halogens is 1. The molecule has 0 aromatic heterocycles. The molecule has 0 bridgehead atoms. The second-order valence-electron chi connectivity index (χ2n) is 3.14. The molecule has 1 aliphatic heterocycles. The van der Waals surface area contributed by atoms with Gasteiger partial charge in [0.05, 0.1) is 6.10 Å². The third kappa shape index (κ3) is 0.754. The van der Waals surface area contributed by atoms with E-state index in [2.05, 4.69) is 6.07 Å². The zero-order valence-electron chi connectivity index (χ0n) is 5.88. The first kappa shape index (κ1) is 6.04. The maximum Gasteiger partial charge on any atom is 0.110 e. The Kier molecular flexibility index (Phi) is 0.984. The van der Waals surface area contributed by atoms with Crippen LogP contribution >= 0.6 is 11.6 Å². The van der Waals surface area contributed by atoms with Crippen LogP contribution in [0.2, 0.25) is 5.02 Å². The summed E-state index contributed by atoms with van der Waals surface area (Å²) >= 11 is 5.85. The van der Waals surface area contributed by atoms with Gasteiger partial charge in [0.1, 0.15) is 6.10 Å². The van der Waals surface area contributed by atoms with Gasteiger partial charge in [-0.1, -0.05) is 17.7 Å². The van der Waals surface area contributed by atoms with Crippen LogP contribution < -0.4 is 0 Å². The highest BCUT2D eigenvalue weighted by atomic mass is 35.5. The van der Waals surface area contributed by atoms with Gasteiger partial charge in [0.15, 0.2) is 0 Å². The molecule has 56 valence electrons. The van der Waals surface area contributed by atoms with Crippen molar-refractivity contribution in [3.05, 3.63) is 34.3 Å². The molecule has 0 N–H and O–H groups in total. The number of ether oxygens (including phenoxy) is 1. The number of hydrogen-bond acceptors (Lipinski definition) is 1. The number of fused-ring (bicyclic) bond motifs is 3. The Balaban J connectivity index is 2.20. The van der Waals surface area contributed by atoms with E-state index in [4.69, 9.17) is 16.3 Å². The molecule has 1 aromatic rings. The van der Waals surface area contributed by atoms with Crippen molar-refractivity contribution >= 4 is 11.6 Å². The first-order chi connectivity index (χ1) is 5.34. The molecule has 2 heteroatoms. The highest BCUT2D eigenvalue weighted by Crippen LogP contribution is 2.49. The van der Waals surface area contributed by atoms with Crippen molar-refractivity contribution < 1.29 is 4.74 Å². The lowest BCUT2D eigenvalue weighted by Crippen LogP contribution is -1.87. The van der Waals surface area contributed by atoms with Crippen LogP contribution in [0.5, 0.6) is 0 Å². The number of rotatable bonds is 0. The molecular formula is C9H7ClO. The third-order valence-electron chi connectivity index (χ3n) is 2.42. The van der Waals surface area contributed by atoms with E-state index in [1.807, 2.05) is 12.1 Å². The monoisotopic (exact) mass is 166 g/mol. The quantitative estimate of drug-likeness (QED) is 0.539. The Hall–Kier alpha value is -0.530. The fourth-order valence-corrected chi connectivity index (χ4v) is 1.99. The lowest BCUT2D eigenvalue weighted by atomic mass is 10.1. The minimum absolute atomic E-state index is 0.378. The molecule has 0 amide bonds. The summed E-state index contributed by atoms with van der Waals surface area (Å²) in [5.41, 5.74) is 2.72. The minimum Gasteiger partial charge on any atom is -0.364 e. The van der Waals surface area contributed by atoms with Gasteiger partial charge in [-0.15, -0.1) is 0 Å². The molecular weight excluding hydrogens is 160 g/mol. The summed E-state index contributed by atoms with van der Waals surface area (Å²) in [6.07, 6.45) is 1.93. The van der Waals surface area contributed by atoms with E-state index in [9.17, 15) is 0 Å². The molecule has 2 unspecified atom stereocenters. The SMILES string of the molecule is Clc1ccc2c(c1)C1OC1C2. The van der Waals surface area contributed by atoms with Crippen LogP contribution in [0.25, 0.3) is 0 Å². The molecule has 1 aliphatic carbocycles. The van der Waals surface area contributed by atoms with Crippen LogP contribution in [0, 0.1) is 0 Å². The van der Waals surface area contributed by atoms with Crippen molar-refractivity contribution in [2.75, 3.05) is 0 Å². The van der Waals surface area contributed by atoms with Crippen LogP contribution in [-0.4, -0.2) is 6.10 Å². The number of hydrogen-bond donors (Lipinski definition) is 0. The highest BCUT2D eigenvalue weighted by Gasteiger charge is 2.46. The molecule has 1 nitrogen and oxygen atoms in total. The topological polar surface area (TPSA) is 12.5 Å². The molecule has 1 heterocycles. The van der Waals surface area contributed by atoms with Gasteiger partial charge in [0, 0.05) is 11.4 Å². The summed E-state index contributed by atoms with van der Waals surface area (Å²) in [6, 6.07) is 6.08. The summed E-state index contributed by atoms with van der Waals surface area (Å²) in [4.78, 5) is 0. The average Bonchev–Trinajstić information content (AvgIpc) is 2.67. The standard InChI is InChI=1S/C9H7ClO/c10-6-2-1-5-3-8-9(11-8)7(5)4-6/h1-2,4,8-9H,3H2. The number of benzene rings is 1. The molecule has 2 aliphatic rings. The molecule has 0 radical (unpaired) electrons. The molecule has 0 saturated carbocycles. The minimum atomic E-state index is 0.378. The fraction of sp³-hybridized carbons (Fsp3) is 0.333. The molecule has 3 rings (SSSR count). The highest BCUT2D eigenvalue weighted by molar-refractivity contribution is 6.30. The van der Waals surface area contributed by atoms with Gasteiger partial charge in [-0.3, -0.25) is 0 Å². The predicted octanol–water partition coefficient (Wildman–Crippen LogP) is 2.34. The van der Waals surface area contributed by atoms with E-state index in [1.165, 1.54) is 11.1 Å². The van der Waals surface area contributed by atoms with Crippen molar-refractivity contribution in [1.29, 1.82) is 0 Å². The molecule has 1 aromatic carbocycles. The van der Waals surface area contributed by atoms with Gasteiger partial charge in [-0.25, -0.2) is 0 Å². The first-order valence-corrected chi connectivity index (χ1v) is 4.16. The van der Waals surface area contributed by atoms with Crippen LogP contribution in [0.4, 0.5) is 0 Å². The Bertz CT molecular complexity index is 321. The lowest BCUT2D eigenvalue weighted by Gasteiger charge is -2.00. The van der Waals surface area contributed by atoms with Crippen molar-refractivity contribution in [1.82, 2.24) is 0 Å². The van der Waals surface area contributed by atoms with Crippen LogP contribution in [-0.2, 0) is 11.2 Å².